The van der Waals surface area contributed by atoms with Crippen molar-refractivity contribution in [2.24, 2.45) is 0 Å². The quantitative estimate of drug-likeness (QED) is 0.372. The molecule has 0 spiro atoms. The van der Waals surface area contributed by atoms with Gasteiger partial charge in [-0.1, -0.05) is 21.3 Å². The van der Waals surface area contributed by atoms with Crippen molar-refractivity contribution in [2.75, 3.05) is 7.11 Å². The molecule has 0 aliphatic heterocycles. The highest BCUT2D eigenvalue weighted by Gasteiger charge is 2.11. The van der Waals surface area contributed by atoms with Crippen molar-refractivity contribution in [1.29, 1.82) is 0 Å². The Bertz CT molecular complexity index is 1220. The first-order chi connectivity index (χ1) is 14.9. The second kappa shape index (κ2) is 11.8. The number of hydrogen-bond acceptors (Lipinski definition) is 7. The number of nitrogens with zero attached hydrogens (tertiary/aromatic N) is 2. The number of carboxylic acids is 1. The highest BCUT2D eigenvalue weighted by atomic mass is 16.5. The standard InChI is InChI=1S/C11H9NO3.C10H7NO3.C2H6.CH4/c1-15-11(14)8-4-5-12-10-3-2-7(13)6-9(8)10;12-6-1-2-9-8(5-6)7(10(13)14)3-4-11-9;1-2;/h2-6,13H,1H3;1-5,12H,(H,13,14);1-2H3;1H4. The van der Waals surface area contributed by atoms with Crippen LogP contribution in [0.25, 0.3) is 21.8 Å². The van der Waals surface area contributed by atoms with E-state index in [-0.39, 0.29) is 24.5 Å². The monoisotopic (exact) mass is 438 g/mol. The van der Waals surface area contributed by atoms with Crippen LogP contribution in [0.1, 0.15) is 42.0 Å². The molecule has 0 unspecified atom stereocenters. The minimum absolute atomic E-state index is 0. The van der Waals surface area contributed by atoms with Gasteiger partial charge in [0.15, 0.2) is 0 Å². The largest absolute Gasteiger partial charge is 0.508 e. The van der Waals surface area contributed by atoms with E-state index in [0.29, 0.717) is 27.4 Å². The maximum absolute atomic E-state index is 11.4. The van der Waals surface area contributed by atoms with E-state index >= 15 is 0 Å². The van der Waals surface area contributed by atoms with Crippen LogP contribution < -0.4 is 0 Å². The Balaban J connectivity index is 0.000000289. The van der Waals surface area contributed by atoms with Gasteiger partial charge in [-0.2, -0.15) is 0 Å². The van der Waals surface area contributed by atoms with E-state index in [4.69, 9.17) is 5.11 Å². The zero-order valence-corrected chi connectivity index (χ0v) is 17.2. The summed E-state index contributed by atoms with van der Waals surface area (Å²) in [5.41, 5.74) is 1.75. The lowest BCUT2D eigenvalue weighted by molar-refractivity contribution is 0.0602. The summed E-state index contributed by atoms with van der Waals surface area (Å²) in [6.45, 7) is 4.00. The number of phenols is 2. The van der Waals surface area contributed by atoms with Gasteiger partial charge in [0.05, 0.1) is 29.3 Å². The molecule has 0 saturated heterocycles. The van der Waals surface area contributed by atoms with Crippen LogP contribution in [0.5, 0.6) is 11.5 Å². The first kappa shape index (κ1) is 25.8. The molecule has 2 heterocycles. The first-order valence-corrected chi connectivity index (χ1v) is 9.38. The van der Waals surface area contributed by atoms with Gasteiger partial charge < -0.3 is 20.1 Å². The molecule has 0 aliphatic carbocycles. The lowest BCUT2D eigenvalue weighted by atomic mass is 10.1. The summed E-state index contributed by atoms with van der Waals surface area (Å²) in [5.74, 6) is -1.33. The Labute approximate surface area is 185 Å². The van der Waals surface area contributed by atoms with E-state index in [1.165, 1.54) is 49.8 Å². The fourth-order valence-electron chi connectivity index (χ4n) is 2.74. The molecule has 3 N–H and O–H groups in total. The van der Waals surface area contributed by atoms with Gasteiger partial charge in [0.1, 0.15) is 11.5 Å². The summed E-state index contributed by atoms with van der Waals surface area (Å²) in [4.78, 5) is 30.3. The number of esters is 1. The number of phenolic OH excluding ortho intramolecular Hbond substituents is 2. The lowest BCUT2D eigenvalue weighted by Crippen LogP contribution is -2.02. The summed E-state index contributed by atoms with van der Waals surface area (Å²) in [5, 5.41) is 28.4. The maximum Gasteiger partial charge on any atom is 0.338 e. The zero-order chi connectivity index (χ0) is 23.0. The van der Waals surface area contributed by atoms with Crippen LogP contribution in [0.4, 0.5) is 0 Å². The number of benzene rings is 2. The lowest BCUT2D eigenvalue weighted by Gasteiger charge is -2.03. The van der Waals surface area contributed by atoms with Gasteiger partial charge in [-0.25, -0.2) is 9.59 Å². The Kier molecular flexibility index (Phi) is 9.57. The van der Waals surface area contributed by atoms with Crippen molar-refractivity contribution in [1.82, 2.24) is 9.97 Å². The van der Waals surface area contributed by atoms with E-state index in [9.17, 15) is 19.8 Å². The maximum atomic E-state index is 11.4. The fraction of sp³-hybridized carbons (Fsp3) is 0.167. The molecule has 0 amide bonds. The number of hydrogen-bond donors (Lipinski definition) is 3. The van der Waals surface area contributed by atoms with Crippen LogP contribution >= 0.6 is 0 Å². The second-order valence-corrected chi connectivity index (χ2v) is 5.92. The Hall–Kier alpha value is -4.20. The van der Waals surface area contributed by atoms with Gasteiger partial charge in [0.25, 0.3) is 0 Å². The predicted octanol–water partition coefficient (Wildman–Crippen LogP) is 5.03. The fourth-order valence-corrected chi connectivity index (χ4v) is 2.74. The van der Waals surface area contributed by atoms with Crippen LogP contribution in [0.2, 0.25) is 0 Å². The van der Waals surface area contributed by atoms with E-state index in [0.717, 1.165) is 0 Å². The number of aromatic hydroxyl groups is 2. The number of carboxylic acid groups (broad SMARTS) is 1. The number of pyridine rings is 2. The molecule has 0 fully saturated rings. The van der Waals surface area contributed by atoms with Gasteiger partial charge in [-0.3, -0.25) is 9.97 Å². The van der Waals surface area contributed by atoms with Gasteiger partial charge in [-0.05, 0) is 48.5 Å². The molecule has 4 aromatic rings. The molecule has 2 aromatic heterocycles. The first-order valence-electron chi connectivity index (χ1n) is 9.38. The van der Waals surface area contributed by atoms with E-state index in [2.05, 4.69) is 14.7 Å². The van der Waals surface area contributed by atoms with Crippen molar-refractivity contribution >= 4 is 33.7 Å². The summed E-state index contributed by atoms with van der Waals surface area (Å²) >= 11 is 0. The Morgan fingerprint density at radius 3 is 1.66 bits per heavy atom. The van der Waals surface area contributed by atoms with Crippen LogP contribution in [-0.4, -0.2) is 44.3 Å². The van der Waals surface area contributed by atoms with E-state index < -0.39 is 11.9 Å². The van der Waals surface area contributed by atoms with Crippen molar-refractivity contribution in [2.45, 2.75) is 21.3 Å². The van der Waals surface area contributed by atoms with Crippen molar-refractivity contribution in [3.05, 3.63) is 72.1 Å². The summed E-state index contributed by atoms with van der Waals surface area (Å²) in [6.07, 6.45) is 2.97. The molecule has 32 heavy (non-hydrogen) atoms. The molecule has 0 atom stereocenters. The highest BCUT2D eigenvalue weighted by Crippen LogP contribution is 2.22. The summed E-state index contributed by atoms with van der Waals surface area (Å²) in [7, 11) is 1.32. The number of fused-ring (bicyclic) bond motifs is 2. The number of ether oxygens (including phenoxy) is 1. The number of rotatable bonds is 2. The van der Waals surface area contributed by atoms with Crippen LogP contribution in [0.3, 0.4) is 0 Å². The smallest absolute Gasteiger partial charge is 0.338 e. The van der Waals surface area contributed by atoms with Crippen molar-refractivity contribution < 1.29 is 29.6 Å². The summed E-state index contributed by atoms with van der Waals surface area (Å²) in [6, 6.07) is 12.1. The molecule has 0 radical (unpaired) electrons. The molecular weight excluding hydrogens is 412 g/mol. The number of carbonyl (C=O) groups is 2. The second-order valence-electron chi connectivity index (χ2n) is 5.92. The third kappa shape index (κ3) is 5.91. The van der Waals surface area contributed by atoms with Gasteiger partial charge in [-0.15, -0.1) is 0 Å². The molecule has 8 nitrogen and oxygen atoms in total. The molecule has 0 saturated carbocycles. The third-order valence-corrected chi connectivity index (χ3v) is 4.09. The van der Waals surface area contributed by atoms with Crippen molar-refractivity contribution in [3.8, 4) is 11.5 Å². The molecule has 8 heteroatoms. The minimum Gasteiger partial charge on any atom is -0.508 e. The van der Waals surface area contributed by atoms with Crippen LogP contribution in [0.15, 0.2) is 60.9 Å². The van der Waals surface area contributed by atoms with Crippen molar-refractivity contribution in [3.63, 3.8) is 0 Å². The minimum atomic E-state index is -1.02. The third-order valence-electron chi connectivity index (χ3n) is 4.09. The molecule has 168 valence electrons. The number of aromatic nitrogens is 2. The molecule has 0 bridgehead atoms. The molecule has 0 aliphatic rings. The van der Waals surface area contributed by atoms with Gasteiger partial charge in [0.2, 0.25) is 0 Å². The van der Waals surface area contributed by atoms with Gasteiger partial charge in [0, 0.05) is 23.2 Å². The average Bonchev–Trinajstić information content (AvgIpc) is 2.79. The number of methoxy groups -OCH3 is 1. The molecule has 2 aromatic carbocycles. The topological polar surface area (TPSA) is 130 Å². The van der Waals surface area contributed by atoms with Crippen LogP contribution in [-0.2, 0) is 4.74 Å². The number of aromatic carboxylic acids is 1. The predicted molar refractivity (Wildman–Crippen MR) is 123 cm³/mol. The SMILES string of the molecule is C.CC.COC(=O)c1ccnc2ccc(O)cc12.O=C(O)c1ccnc2ccc(O)cc12. The summed E-state index contributed by atoms with van der Waals surface area (Å²) < 4.78 is 4.64. The van der Waals surface area contributed by atoms with Gasteiger partial charge >= 0.3 is 11.9 Å². The Morgan fingerprint density at radius 2 is 1.22 bits per heavy atom. The van der Waals surface area contributed by atoms with Crippen LogP contribution in [0, 0.1) is 0 Å². The normalized spacial score (nSPS) is 9.47. The molecule has 4 rings (SSSR count). The molecular formula is C24H26N2O6. The zero-order valence-electron chi connectivity index (χ0n) is 17.2. The van der Waals surface area contributed by atoms with E-state index in [1.807, 2.05) is 13.8 Å². The highest BCUT2D eigenvalue weighted by molar-refractivity contribution is 6.03. The number of carbonyl (C=O) groups excluding carboxylic acids is 1. The Morgan fingerprint density at radius 1 is 0.781 bits per heavy atom. The average molecular weight is 438 g/mol. The van der Waals surface area contributed by atoms with E-state index in [1.54, 1.807) is 18.2 Å².